The predicted molar refractivity (Wildman–Crippen MR) is 81.4 cm³/mol. The highest BCUT2D eigenvalue weighted by molar-refractivity contribution is 5.81. The predicted octanol–water partition coefficient (Wildman–Crippen LogP) is -2.80. The maximum atomic E-state index is 11.7. The Morgan fingerprint density at radius 2 is 1.96 bits per heavy atom. The smallest absolute Gasteiger partial charge is 0.322 e. The second kappa shape index (κ2) is 11.1. The maximum absolute atomic E-state index is 11.7. The number of amides is 1. The van der Waals surface area contributed by atoms with E-state index in [-0.39, 0.29) is 31.4 Å². The maximum Gasteiger partial charge on any atom is 0.322 e. The second-order valence-electron chi connectivity index (χ2n) is 4.59. The van der Waals surface area contributed by atoms with E-state index in [2.05, 4.69) is 15.0 Å². The van der Waals surface area contributed by atoms with E-state index in [1.807, 2.05) is 0 Å². The molecule has 12 nitrogen and oxygen atoms in total. The van der Waals surface area contributed by atoms with Crippen LogP contribution in [0.1, 0.15) is 19.3 Å². The molecule has 0 aromatic carbocycles. The molecule has 0 unspecified atom stereocenters. The van der Waals surface area contributed by atoms with Crippen molar-refractivity contribution in [3.63, 3.8) is 0 Å². The first kappa shape index (κ1) is 20.5. The number of ether oxygens (including phenoxy) is 1. The van der Waals surface area contributed by atoms with Gasteiger partial charge in [0.1, 0.15) is 6.04 Å². The van der Waals surface area contributed by atoms with Crippen molar-refractivity contribution in [2.45, 2.75) is 31.3 Å². The molecule has 132 valence electrons. The van der Waals surface area contributed by atoms with E-state index in [4.69, 9.17) is 17.2 Å². The minimum atomic E-state index is -0.822. The molecule has 2 atom stereocenters. The average molecular weight is 333 g/mol. The van der Waals surface area contributed by atoms with Gasteiger partial charge in [-0.1, -0.05) is 5.43 Å². The summed E-state index contributed by atoms with van der Waals surface area (Å²) < 4.78 is 4.45. The number of carbonyl (C=O) groups excluding carboxylic acids is 2. The van der Waals surface area contributed by atoms with Crippen molar-refractivity contribution in [2.24, 2.45) is 22.2 Å². The van der Waals surface area contributed by atoms with Gasteiger partial charge in [-0.05, 0) is 19.3 Å². The zero-order chi connectivity index (χ0) is 17.8. The van der Waals surface area contributed by atoms with Crippen LogP contribution in [0.2, 0.25) is 0 Å². The highest BCUT2D eigenvalue weighted by Crippen LogP contribution is 1.96. The fourth-order valence-electron chi connectivity index (χ4n) is 1.52. The Balaban J connectivity index is 3.90. The van der Waals surface area contributed by atoms with Crippen LogP contribution in [-0.2, 0) is 14.3 Å². The van der Waals surface area contributed by atoms with E-state index >= 15 is 0 Å². The molecule has 12 heteroatoms. The number of esters is 1. The number of nitrogens with two attached hydrogens (primary N) is 3. The Morgan fingerprint density at radius 1 is 1.30 bits per heavy atom. The molecule has 1 amide bonds. The monoisotopic (exact) mass is 333 g/mol. The molecular formula is C11H23N7O5. The van der Waals surface area contributed by atoms with Gasteiger partial charge >= 0.3 is 5.97 Å². The Kier molecular flexibility index (Phi) is 9.95. The van der Waals surface area contributed by atoms with Gasteiger partial charge in [-0.3, -0.25) is 9.59 Å². The minimum absolute atomic E-state index is 0.195. The molecule has 0 aliphatic heterocycles. The Labute approximate surface area is 132 Å². The van der Waals surface area contributed by atoms with Crippen molar-refractivity contribution in [2.75, 3.05) is 20.2 Å². The molecule has 0 saturated carbocycles. The van der Waals surface area contributed by atoms with Crippen LogP contribution in [-0.4, -0.2) is 55.2 Å². The largest absolute Gasteiger partial charge is 0.468 e. The summed E-state index contributed by atoms with van der Waals surface area (Å²) in [6.45, 7) is 0.390. The molecule has 0 aromatic rings. The van der Waals surface area contributed by atoms with Crippen molar-refractivity contribution in [3.05, 3.63) is 10.1 Å². The molecule has 0 heterocycles. The van der Waals surface area contributed by atoms with Crippen LogP contribution in [0.15, 0.2) is 4.99 Å². The number of nitro groups is 1. The summed E-state index contributed by atoms with van der Waals surface area (Å²) in [4.78, 5) is 36.5. The van der Waals surface area contributed by atoms with Crippen LogP contribution in [0.25, 0.3) is 0 Å². The van der Waals surface area contributed by atoms with E-state index < -0.39 is 23.1 Å². The van der Waals surface area contributed by atoms with Gasteiger partial charge in [0, 0.05) is 13.1 Å². The summed E-state index contributed by atoms with van der Waals surface area (Å²) in [6, 6.07) is -1.56. The van der Waals surface area contributed by atoms with Crippen molar-refractivity contribution >= 4 is 17.8 Å². The molecule has 0 rings (SSSR count). The van der Waals surface area contributed by atoms with Crippen LogP contribution in [0, 0.1) is 10.1 Å². The number of hydrogen-bond donors (Lipinski definition) is 5. The molecule has 0 radical (unpaired) electrons. The summed E-state index contributed by atoms with van der Waals surface area (Å²) in [5.74, 6) is -1.26. The SMILES string of the molecule is COC(=O)[C@@H](N)CCNC(=O)[C@@H](N)CCCN=C(N)N[N+](=O)[O-]. The van der Waals surface area contributed by atoms with Gasteiger partial charge < -0.3 is 27.3 Å². The molecule has 0 aliphatic rings. The third-order valence-corrected chi connectivity index (χ3v) is 2.76. The van der Waals surface area contributed by atoms with Crippen molar-refractivity contribution in [1.82, 2.24) is 10.7 Å². The summed E-state index contributed by atoms with van der Waals surface area (Å²) in [6.07, 6.45) is 0.985. The lowest BCUT2D eigenvalue weighted by Crippen LogP contribution is -2.43. The van der Waals surface area contributed by atoms with Crippen molar-refractivity contribution < 1.29 is 19.4 Å². The van der Waals surface area contributed by atoms with Crippen LogP contribution in [0.5, 0.6) is 0 Å². The van der Waals surface area contributed by atoms with E-state index in [0.717, 1.165) is 0 Å². The Morgan fingerprint density at radius 3 is 2.52 bits per heavy atom. The Bertz CT molecular complexity index is 442. The van der Waals surface area contributed by atoms with Crippen LogP contribution < -0.4 is 27.9 Å². The van der Waals surface area contributed by atoms with Gasteiger partial charge in [0.2, 0.25) is 5.91 Å². The lowest BCUT2D eigenvalue weighted by Gasteiger charge is -2.13. The normalized spacial score (nSPS) is 13.8. The number of methoxy groups -OCH3 is 1. The van der Waals surface area contributed by atoms with E-state index in [0.29, 0.717) is 12.8 Å². The number of nitrogens with one attached hydrogen (secondary N) is 2. The van der Waals surface area contributed by atoms with Gasteiger partial charge in [0.05, 0.1) is 13.2 Å². The first-order chi connectivity index (χ1) is 10.8. The third-order valence-electron chi connectivity index (χ3n) is 2.76. The highest BCUT2D eigenvalue weighted by atomic mass is 16.7. The van der Waals surface area contributed by atoms with Crippen molar-refractivity contribution in [1.29, 1.82) is 0 Å². The van der Waals surface area contributed by atoms with Crippen molar-refractivity contribution in [3.8, 4) is 0 Å². The summed E-state index contributed by atoms with van der Waals surface area (Å²) in [5.41, 5.74) is 18.1. The van der Waals surface area contributed by atoms with Gasteiger partial charge in [0.15, 0.2) is 5.03 Å². The fourth-order valence-corrected chi connectivity index (χ4v) is 1.52. The summed E-state index contributed by atoms with van der Waals surface area (Å²) >= 11 is 0. The van der Waals surface area contributed by atoms with Crippen LogP contribution in [0.4, 0.5) is 0 Å². The lowest BCUT2D eigenvalue weighted by molar-refractivity contribution is -0.525. The number of aliphatic imine (C=N–C) groups is 1. The molecule has 23 heavy (non-hydrogen) atoms. The van der Waals surface area contributed by atoms with Gasteiger partial charge in [-0.2, -0.15) is 0 Å². The highest BCUT2D eigenvalue weighted by Gasteiger charge is 2.16. The third kappa shape index (κ3) is 9.97. The van der Waals surface area contributed by atoms with Gasteiger partial charge in [-0.15, -0.1) is 0 Å². The first-order valence-corrected chi connectivity index (χ1v) is 6.85. The number of carbonyl (C=O) groups is 2. The molecule has 0 saturated heterocycles. The Hall–Kier alpha value is -2.47. The molecule has 8 N–H and O–H groups in total. The zero-order valence-electron chi connectivity index (χ0n) is 12.9. The summed E-state index contributed by atoms with van der Waals surface area (Å²) in [7, 11) is 1.23. The summed E-state index contributed by atoms with van der Waals surface area (Å²) in [5, 5.41) is 11.8. The number of hydrogen-bond acceptors (Lipinski definition) is 8. The van der Waals surface area contributed by atoms with Crippen LogP contribution >= 0.6 is 0 Å². The number of hydrazine groups is 1. The van der Waals surface area contributed by atoms with Gasteiger partial charge in [0.25, 0.3) is 5.96 Å². The first-order valence-electron chi connectivity index (χ1n) is 6.85. The molecule has 0 aliphatic carbocycles. The second-order valence-corrected chi connectivity index (χ2v) is 4.59. The van der Waals surface area contributed by atoms with Gasteiger partial charge in [-0.25, -0.2) is 15.1 Å². The average Bonchev–Trinajstić information content (AvgIpc) is 2.49. The van der Waals surface area contributed by atoms with E-state index in [1.165, 1.54) is 7.11 Å². The molecule has 0 bridgehead atoms. The molecule has 0 fully saturated rings. The van der Waals surface area contributed by atoms with E-state index in [1.54, 1.807) is 5.43 Å². The molecular weight excluding hydrogens is 310 g/mol. The number of rotatable bonds is 10. The van der Waals surface area contributed by atoms with Crippen LogP contribution in [0.3, 0.4) is 0 Å². The minimum Gasteiger partial charge on any atom is -0.468 e. The topological polar surface area (TPSA) is 201 Å². The quantitative estimate of drug-likeness (QED) is 0.0698. The molecule has 0 aromatic heterocycles. The fraction of sp³-hybridized carbons (Fsp3) is 0.727. The number of guanidine groups is 1. The zero-order valence-corrected chi connectivity index (χ0v) is 12.9. The standard InChI is InChI=1S/C11H23N7O5/c1-23-10(20)8(13)4-6-15-9(19)7(12)3-2-5-16-11(14)17-18(21)22/h7-8H,2-6,12-13H2,1H3,(H,15,19)(H3,14,16,17)/t7-,8-/m0/s1. The lowest BCUT2D eigenvalue weighted by atomic mass is 10.1. The number of nitrogens with zero attached hydrogens (tertiary/aromatic N) is 2. The molecule has 0 spiro atoms. The van der Waals surface area contributed by atoms with E-state index in [9.17, 15) is 19.7 Å².